The van der Waals surface area contributed by atoms with Crippen molar-refractivity contribution in [3.05, 3.63) is 23.8 Å². The number of aryl methyl sites for hydroxylation is 1. The van der Waals surface area contributed by atoms with Crippen LogP contribution in [0.4, 0.5) is 0 Å². The molecule has 0 aliphatic heterocycles. The van der Waals surface area contributed by atoms with Gasteiger partial charge in [0.1, 0.15) is 0 Å². The molecular weight excluding hydrogens is 230 g/mol. The predicted molar refractivity (Wildman–Crippen MR) is 66.7 cm³/mol. The summed E-state index contributed by atoms with van der Waals surface area (Å²) in [6.45, 7) is 0. The molecule has 1 fully saturated rings. The van der Waals surface area contributed by atoms with Crippen molar-refractivity contribution in [1.82, 2.24) is 14.4 Å². The third-order valence-electron chi connectivity index (χ3n) is 3.79. The molecule has 0 bridgehead atoms. The van der Waals surface area contributed by atoms with Crippen LogP contribution in [0, 0.1) is 0 Å². The molecule has 0 radical (unpaired) electrons. The lowest BCUT2D eigenvalue weighted by Gasteiger charge is -2.04. The number of aromatic amines is 1. The van der Waals surface area contributed by atoms with Crippen LogP contribution < -0.4 is 0 Å². The van der Waals surface area contributed by atoms with Gasteiger partial charge in [-0.25, -0.2) is 4.98 Å². The van der Waals surface area contributed by atoms with Gasteiger partial charge in [-0.1, -0.05) is 12.8 Å². The molecule has 18 heavy (non-hydrogen) atoms. The largest absolute Gasteiger partial charge is 0.481 e. The average Bonchev–Trinajstić information content (AvgIpc) is 3.02. The van der Waals surface area contributed by atoms with Crippen molar-refractivity contribution in [1.29, 1.82) is 0 Å². The first-order valence-electron chi connectivity index (χ1n) is 6.50. The third kappa shape index (κ3) is 2.00. The molecular formula is C13H17N3O2. The van der Waals surface area contributed by atoms with E-state index in [1.165, 1.54) is 31.4 Å². The molecule has 0 aromatic carbocycles. The summed E-state index contributed by atoms with van der Waals surface area (Å²) in [5, 5.41) is 8.72. The fourth-order valence-corrected chi connectivity index (χ4v) is 2.80. The van der Waals surface area contributed by atoms with E-state index in [1.807, 2.05) is 4.40 Å². The van der Waals surface area contributed by atoms with Gasteiger partial charge in [-0.3, -0.25) is 9.20 Å². The summed E-state index contributed by atoms with van der Waals surface area (Å²) < 4.78 is 2.00. The topological polar surface area (TPSA) is 70.4 Å². The highest BCUT2D eigenvalue weighted by Gasteiger charge is 2.20. The van der Waals surface area contributed by atoms with Gasteiger partial charge in [-0.05, 0) is 12.8 Å². The van der Waals surface area contributed by atoms with Gasteiger partial charge in [0.25, 0.3) is 0 Å². The molecule has 0 saturated heterocycles. The highest BCUT2D eigenvalue weighted by atomic mass is 16.4. The van der Waals surface area contributed by atoms with Gasteiger partial charge in [0.15, 0.2) is 0 Å². The molecule has 0 spiro atoms. The number of aliphatic carboxylic acids is 1. The molecule has 5 nitrogen and oxygen atoms in total. The number of H-pyrrole nitrogens is 1. The molecule has 0 amide bonds. The summed E-state index contributed by atoms with van der Waals surface area (Å²) in [5.74, 6) is 0.688. The highest BCUT2D eigenvalue weighted by molar-refractivity contribution is 5.67. The monoisotopic (exact) mass is 247 g/mol. The maximum Gasteiger partial charge on any atom is 0.303 e. The van der Waals surface area contributed by atoms with E-state index in [9.17, 15) is 4.79 Å². The molecule has 1 aliphatic carbocycles. The number of nitrogens with zero attached hydrogens (tertiary/aromatic N) is 2. The van der Waals surface area contributed by atoms with Crippen molar-refractivity contribution in [3.8, 4) is 0 Å². The summed E-state index contributed by atoms with van der Waals surface area (Å²) in [6, 6.07) is 0. The molecule has 2 N–H and O–H groups in total. The van der Waals surface area contributed by atoms with E-state index < -0.39 is 5.97 Å². The Morgan fingerprint density at radius 1 is 1.50 bits per heavy atom. The zero-order valence-corrected chi connectivity index (χ0v) is 10.2. The van der Waals surface area contributed by atoms with E-state index in [0.29, 0.717) is 12.3 Å². The van der Waals surface area contributed by atoms with Crippen LogP contribution in [-0.2, 0) is 11.2 Å². The van der Waals surface area contributed by atoms with Gasteiger partial charge in [0, 0.05) is 29.9 Å². The summed E-state index contributed by atoms with van der Waals surface area (Å²) in [6.07, 6.45) is 9.62. The molecule has 1 saturated carbocycles. The SMILES string of the molecule is O=C(O)CCc1cnc2[nH]c(C3CCCC3)cn12. The first kappa shape index (κ1) is 11.3. The van der Waals surface area contributed by atoms with E-state index in [4.69, 9.17) is 5.11 Å². The second kappa shape index (κ2) is 4.48. The fraction of sp³-hybridized carbons (Fsp3) is 0.538. The van der Waals surface area contributed by atoms with Gasteiger partial charge < -0.3 is 10.1 Å². The molecule has 1 aliphatic rings. The number of nitrogens with one attached hydrogen (secondary N) is 1. The minimum atomic E-state index is -0.767. The molecule has 3 rings (SSSR count). The van der Waals surface area contributed by atoms with Crippen LogP contribution in [0.2, 0.25) is 0 Å². The second-order valence-corrected chi connectivity index (χ2v) is 5.03. The van der Waals surface area contributed by atoms with Crippen molar-refractivity contribution >= 4 is 11.7 Å². The van der Waals surface area contributed by atoms with E-state index >= 15 is 0 Å². The third-order valence-corrected chi connectivity index (χ3v) is 3.79. The molecule has 2 aromatic rings. The Hall–Kier alpha value is -1.78. The zero-order chi connectivity index (χ0) is 12.5. The first-order chi connectivity index (χ1) is 8.74. The van der Waals surface area contributed by atoms with Crippen molar-refractivity contribution in [2.24, 2.45) is 0 Å². The predicted octanol–water partition coefficient (Wildman–Crippen LogP) is 2.34. The zero-order valence-electron chi connectivity index (χ0n) is 10.2. The Balaban J connectivity index is 1.85. The fourth-order valence-electron chi connectivity index (χ4n) is 2.80. The Morgan fingerprint density at radius 3 is 3.00 bits per heavy atom. The summed E-state index contributed by atoms with van der Waals surface area (Å²) in [7, 11) is 0. The minimum Gasteiger partial charge on any atom is -0.481 e. The van der Waals surface area contributed by atoms with Crippen LogP contribution in [0.5, 0.6) is 0 Å². The van der Waals surface area contributed by atoms with Crippen molar-refractivity contribution in [2.45, 2.75) is 44.4 Å². The Labute approximate surface area is 105 Å². The van der Waals surface area contributed by atoms with E-state index in [2.05, 4.69) is 16.2 Å². The van der Waals surface area contributed by atoms with Crippen LogP contribution in [0.25, 0.3) is 5.78 Å². The number of imidazole rings is 2. The summed E-state index contributed by atoms with van der Waals surface area (Å²) >= 11 is 0. The van der Waals surface area contributed by atoms with Crippen LogP contribution in [-0.4, -0.2) is 25.4 Å². The van der Waals surface area contributed by atoms with Gasteiger partial charge in [-0.2, -0.15) is 0 Å². The Kier molecular flexibility index (Phi) is 2.81. The number of aromatic nitrogens is 3. The lowest BCUT2D eigenvalue weighted by molar-refractivity contribution is -0.136. The quantitative estimate of drug-likeness (QED) is 0.871. The number of hydrogen-bond acceptors (Lipinski definition) is 2. The van der Waals surface area contributed by atoms with Gasteiger partial charge in [0.2, 0.25) is 5.78 Å². The summed E-state index contributed by atoms with van der Waals surface area (Å²) in [4.78, 5) is 18.3. The van der Waals surface area contributed by atoms with Crippen molar-refractivity contribution in [2.75, 3.05) is 0 Å². The first-order valence-corrected chi connectivity index (χ1v) is 6.50. The lowest BCUT2D eigenvalue weighted by atomic mass is 10.1. The normalized spacial score (nSPS) is 16.7. The van der Waals surface area contributed by atoms with Crippen LogP contribution in [0.15, 0.2) is 12.4 Å². The second-order valence-electron chi connectivity index (χ2n) is 5.03. The molecule has 5 heteroatoms. The lowest BCUT2D eigenvalue weighted by Crippen LogP contribution is -1.99. The number of carboxylic acids is 1. The maximum atomic E-state index is 10.6. The number of fused-ring (bicyclic) bond motifs is 1. The maximum absolute atomic E-state index is 10.6. The van der Waals surface area contributed by atoms with Crippen LogP contribution >= 0.6 is 0 Å². The smallest absolute Gasteiger partial charge is 0.303 e. The molecule has 2 heterocycles. The Bertz CT molecular complexity index is 564. The number of rotatable bonds is 4. The van der Waals surface area contributed by atoms with Crippen molar-refractivity contribution < 1.29 is 9.90 Å². The number of carbonyl (C=O) groups is 1. The molecule has 0 unspecified atom stereocenters. The number of hydrogen-bond donors (Lipinski definition) is 2. The van der Waals surface area contributed by atoms with E-state index in [0.717, 1.165) is 11.5 Å². The average molecular weight is 247 g/mol. The van der Waals surface area contributed by atoms with Gasteiger partial charge in [0.05, 0.1) is 12.6 Å². The number of carboxylic acid groups (broad SMARTS) is 1. The summed E-state index contributed by atoms with van der Waals surface area (Å²) in [5.41, 5.74) is 2.21. The highest BCUT2D eigenvalue weighted by Crippen LogP contribution is 2.33. The molecule has 0 atom stereocenters. The van der Waals surface area contributed by atoms with E-state index in [-0.39, 0.29) is 6.42 Å². The standard InChI is InChI=1S/C13H17N3O2/c17-12(18)6-5-10-7-14-13-15-11(8-16(10)13)9-3-1-2-4-9/h7-9H,1-6H2,(H,14,15)(H,17,18). The van der Waals surface area contributed by atoms with E-state index in [1.54, 1.807) is 6.20 Å². The minimum absolute atomic E-state index is 0.151. The molecule has 96 valence electrons. The molecule has 2 aromatic heterocycles. The van der Waals surface area contributed by atoms with Crippen molar-refractivity contribution in [3.63, 3.8) is 0 Å². The Morgan fingerprint density at radius 2 is 2.28 bits per heavy atom. The van der Waals surface area contributed by atoms with Crippen LogP contribution in [0.1, 0.15) is 49.4 Å². The van der Waals surface area contributed by atoms with Gasteiger partial charge >= 0.3 is 5.97 Å². The van der Waals surface area contributed by atoms with Gasteiger partial charge in [-0.15, -0.1) is 0 Å². The van der Waals surface area contributed by atoms with Crippen LogP contribution in [0.3, 0.4) is 0 Å².